The van der Waals surface area contributed by atoms with Crippen molar-refractivity contribution >= 4 is 5.97 Å². The van der Waals surface area contributed by atoms with Crippen LogP contribution in [0.5, 0.6) is 0 Å². The van der Waals surface area contributed by atoms with Crippen molar-refractivity contribution in [3.05, 3.63) is 59.2 Å². The number of aryl methyl sites for hydroxylation is 1. The SMILES string of the molecule is COC(=O)c1c(F)cc(-c2ccc(C)cc2)cc1F. The van der Waals surface area contributed by atoms with Crippen LogP contribution in [0.15, 0.2) is 36.4 Å². The largest absolute Gasteiger partial charge is 0.465 e. The van der Waals surface area contributed by atoms with Gasteiger partial charge < -0.3 is 4.74 Å². The molecule has 98 valence electrons. The summed E-state index contributed by atoms with van der Waals surface area (Å²) in [5.74, 6) is -2.88. The Morgan fingerprint density at radius 3 is 2.00 bits per heavy atom. The van der Waals surface area contributed by atoms with E-state index in [1.807, 2.05) is 19.1 Å². The van der Waals surface area contributed by atoms with E-state index in [2.05, 4.69) is 4.74 Å². The number of ether oxygens (including phenoxy) is 1. The highest BCUT2D eigenvalue weighted by Gasteiger charge is 2.19. The van der Waals surface area contributed by atoms with Crippen molar-refractivity contribution in [3.63, 3.8) is 0 Å². The van der Waals surface area contributed by atoms with Crippen LogP contribution in [0, 0.1) is 18.6 Å². The smallest absolute Gasteiger partial charge is 0.343 e. The number of hydrogen-bond acceptors (Lipinski definition) is 2. The number of carbonyl (C=O) groups is 1. The first-order valence-corrected chi connectivity index (χ1v) is 5.67. The fourth-order valence-electron chi connectivity index (χ4n) is 1.78. The molecule has 0 N–H and O–H groups in total. The molecule has 0 atom stereocenters. The zero-order chi connectivity index (χ0) is 14.0. The van der Waals surface area contributed by atoms with Crippen molar-refractivity contribution in [2.24, 2.45) is 0 Å². The molecule has 0 saturated heterocycles. The first-order valence-electron chi connectivity index (χ1n) is 5.67. The van der Waals surface area contributed by atoms with Crippen LogP contribution in [-0.2, 0) is 4.74 Å². The Labute approximate surface area is 109 Å². The zero-order valence-corrected chi connectivity index (χ0v) is 10.5. The van der Waals surface area contributed by atoms with Gasteiger partial charge in [0.2, 0.25) is 0 Å². The molecule has 0 radical (unpaired) electrons. The van der Waals surface area contributed by atoms with Gasteiger partial charge in [-0.25, -0.2) is 13.6 Å². The lowest BCUT2D eigenvalue weighted by Crippen LogP contribution is -2.08. The molecule has 0 heterocycles. The molecular weight excluding hydrogens is 250 g/mol. The first-order chi connectivity index (χ1) is 9.02. The van der Waals surface area contributed by atoms with Gasteiger partial charge in [0, 0.05) is 0 Å². The van der Waals surface area contributed by atoms with Gasteiger partial charge in [-0.3, -0.25) is 0 Å². The van der Waals surface area contributed by atoms with Crippen LogP contribution < -0.4 is 0 Å². The van der Waals surface area contributed by atoms with Gasteiger partial charge in [-0.1, -0.05) is 29.8 Å². The zero-order valence-electron chi connectivity index (χ0n) is 10.5. The minimum atomic E-state index is -1.02. The molecule has 19 heavy (non-hydrogen) atoms. The van der Waals surface area contributed by atoms with Gasteiger partial charge in [0.15, 0.2) is 0 Å². The summed E-state index contributed by atoms with van der Waals surface area (Å²) < 4.78 is 31.9. The topological polar surface area (TPSA) is 26.3 Å². The maximum Gasteiger partial charge on any atom is 0.343 e. The van der Waals surface area contributed by atoms with Crippen molar-refractivity contribution < 1.29 is 18.3 Å². The van der Waals surface area contributed by atoms with Gasteiger partial charge in [-0.05, 0) is 30.2 Å². The molecule has 0 aromatic heterocycles. The van der Waals surface area contributed by atoms with Crippen LogP contribution in [0.1, 0.15) is 15.9 Å². The van der Waals surface area contributed by atoms with Gasteiger partial charge in [0.1, 0.15) is 17.2 Å². The second-order valence-corrected chi connectivity index (χ2v) is 4.17. The van der Waals surface area contributed by atoms with Crippen LogP contribution in [0.2, 0.25) is 0 Å². The predicted molar refractivity (Wildman–Crippen MR) is 67.9 cm³/mol. The average Bonchev–Trinajstić information content (AvgIpc) is 2.38. The highest BCUT2D eigenvalue weighted by atomic mass is 19.1. The van der Waals surface area contributed by atoms with Gasteiger partial charge >= 0.3 is 5.97 Å². The lowest BCUT2D eigenvalue weighted by atomic mass is 10.0. The van der Waals surface area contributed by atoms with E-state index in [1.54, 1.807) is 12.1 Å². The molecule has 0 aliphatic carbocycles. The number of methoxy groups -OCH3 is 1. The molecule has 2 aromatic rings. The van der Waals surface area contributed by atoms with Gasteiger partial charge in [0.05, 0.1) is 7.11 Å². The Balaban J connectivity index is 2.51. The molecule has 0 saturated carbocycles. The second kappa shape index (κ2) is 5.18. The third-order valence-electron chi connectivity index (χ3n) is 2.82. The van der Waals surface area contributed by atoms with E-state index in [9.17, 15) is 13.6 Å². The fourth-order valence-corrected chi connectivity index (χ4v) is 1.78. The normalized spacial score (nSPS) is 10.3. The summed E-state index contributed by atoms with van der Waals surface area (Å²) in [5, 5.41) is 0. The summed E-state index contributed by atoms with van der Waals surface area (Å²) in [7, 11) is 1.08. The van der Waals surface area contributed by atoms with Gasteiger partial charge in [-0.2, -0.15) is 0 Å². The lowest BCUT2D eigenvalue weighted by molar-refractivity contribution is 0.0590. The summed E-state index contributed by atoms with van der Waals surface area (Å²) in [6.07, 6.45) is 0. The van der Waals surface area contributed by atoms with Crippen molar-refractivity contribution in [1.29, 1.82) is 0 Å². The fraction of sp³-hybridized carbons (Fsp3) is 0.133. The number of hydrogen-bond donors (Lipinski definition) is 0. The maximum atomic E-state index is 13.8. The lowest BCUT2D eigenvalue weighted by Gasteiger charge is -2.07. The third kappa shape index (κ3) is 2.62. The van der Waals surface area contributed by atoms with Gasteiger partial charge in [-0.15, -0.1) is 0 Å². The van der Waals surface area contributed by atoms with E-state index in [0.717, 1.165) is 24.8 Å². The molecule has 0 fully saturated rings. The molecule has 0 aliphatic heterocycles. The second-order valence-electron chi connectivity index (χ2n) is 4.17. The molecule has 0 unspecified atom stereocenters. The predicted octanol–water partition coefficient (Wildman–Crippen LogP) is 3.73. The Kier molecular flexibility index (Phi) is 3.60. The minimum Gasteiger partial charge on any atom is -0.465 e. The van der Waals surface area contributed by atoms with Crippen LogP contribution in [0.4, 0.5) is 8.78 Å². The molecule has 0 aliphatic rings. The van der Waals surface area contributed by atoms with E-state index >= 15 is 0 Å². The molecule has 0 amide bonds. The van der Waals surface area contributed by atoms with E-state index < -0.39 is 23.2 Å². The minimum absolute atomic E-state index is 0.377. The van der Waals surface area contributed by atoms with Crippen molar-refractivity contribution in [2.45, 2.75) is 6.92 Å². The molecule has 4 heteroatoms. The van der Waals surface area contributed by atoms with Gasteiger partial charge in [0.25, 0.3) is 0 Å². The highest BCUT2D eigenvalue weighted by Crippen LogP contribution is 2.25. The molecular formula is C15H12F2O2. The third-order valence-corrected chi connectivity index (χ3v) is 2.82. The monoisotopic (exact) mass is 262 g/mol. The van der Waals surface area contributed by atoms with Crippen molar-refractivity contribution in [3.8, 4) is 11.1 Å². The number of halogens is 2. The number of esters is 1. The quantitative estimate of drug-likeness (QED) is 0.771. The summed E-state index contributed by atoms with van der Waals surface area (Å²) in [6, 6.07) is 9.47. The average molecular weight is 262 g/mol. The Hall–Kier alpha value is -2.23. The van der Waals surface area contributed by atoms with Crippen LogP contribution >= 0.6 is 0 Å². The molecule has 2 aromatic carbocycles. The Morgan fingerprint density at radius 2 is 1.53 bits per heavy atom. The number of benzene rings is 2. The maximum absolute atomic E-state index is 13.8. The van der Waals surface area contributed by atoms with Crippen LogP contribution in [-0.4, -0.2) is 13.1 Å². The summed E-state index contributed by atoms with van der Waals surface area (Å²) >= 11 is 0. The standard InChI is InChI=1S/C15H12F2O2/c1-9-3-5-10(6-4-9)11-7-12(16)14(13(17)8-11)15(18)19-2/h3-8H,1-2H3. The Morgan fingerprint density at radius 1 is 1.00 bits per heavy atom. The van der Waals surface area contributed by atoms with E-state index in [4.69, 9.17) is 0 Å². The van der Waals surface area contributed by atoms with Crippen molar-refractivity contribution in [2.75, 3.05) is 7.11 Å². The van der Waals surface area contributed by atoms with Crippen LogP contribution in [0.3, 0.4) is 0 Å². The van der Waals surface area contributed by atoms with Crippen LogP contribution in [0.25, 0.3) is 11.1 Å². The molecule has 0 bridgehead atoms. The summed E-state index contributed by atoms with van der Waals surface area (Å²) in [6.45, 7) is 1.92. The molecule has 0 spiro atoms. The Bertz CT molecular complexity index is 596. The molecule has 2 nitrogen and oxygen atoms in total. The van der Waals surface area contributed by atoms with Crippen molar-refractivity contribution in [1.82, 2.24) is 0 Å². The van der Waals surface area contributed by atoms with E-state index in [-0.39, 0.29) is 0 Å². The van der Waals surface area contributed by atoms with E-state index in [0.29, 0.717) is 11.1 Å². The molecule has 2 rings (SSSR count). The highest BCUT2D eigenvalue weighted by molar-refractivity contribution is 5.90. The summed E-state index contributed by atoms with van der Waals surface area (Å²) in [5.41, 5.74) is 1.44. The first kappa shape index (κ1) is 13.2. The van der Waals surface area contributed by atoms with E-state index in [1.165, 1.54) is 0 Å². The number of carbonyl (C=O) groups excluding carboxylic acids is 1. The summed E-state index contributed by atoms with van der Waals surface area (Å²) in [4.78, 5) is 11.2. The number of rotatable bonds is 2.